The van der Waals surface area contributed by atoms with Gasteiger partial charge in [0.15, 0.2) is 0 Å². The molecule has 3 unspecified atom stereocenters. The summed E-state index contributed by atoms with van der Waals surface area (Å²) in [6, 6.07) is -1.27. The second-order valence-corrected chi connectivity index (χ2v) is 4.24. The van der Waals surface area contributed by atoms with Crippen LogP contribution in [-0.4, -0.2) is 51.5 Å². The molecule has 76 valence electrons. The van der Waals surface area contributed by atoms with Gasteiger partial charge in [-0.05, 0) is 0 Å². The Morgan fingerprint density at radius 2 is 2.43 bits per heavy atom. The summed E-state index contributed by atoms with van der Waals surface area (Å²) in [5.74, 6) is -0.902. The van der Waals surface area contributed by atoms with Crippen molar-refractivity contribution in [3.8, 4) is 0 Å². The zero-order valence-electron chi connectivity index (χ0n) is 7.04. The van der Waals surface area contributed by atoms with Crippen LogP contribution in [0.3, 0.4) is 0 Å². The van der Waals surface area contributed by atoms with Crippen LogP contribution < -0.4 is 5.32 Å². The first-order chi connectivity index (χ1) is 6.66. The summed E-state index contributed by atoms with van der Waals surface area (Å²) in [4.78, 5) is 33.5. The van der Waals surface area contributed by atoms with E-state index in [1.165, 1.54) is 16.7 Å². The van der Waals surface area contributed by atoms with Crippen molar-refractivity contribution in [2.45, 2.75) is 17.5 Å². The highest BCUT2D eigenvalue weighted by Gasteiger charge is 2.56. The average Bonchev–Trinajstić information content (AvgIpc) is 2.54. The Hall–Kier alpha value is -1.24. The van der Waals surface area contributed by atoms with Crippen LogP contribution in [0.5, 0.6) is 0 Å². The molecule has 2 fully saturated rings. The van der Waals surface area contributed by atoms with Crippen molar-refractivity contribution in [2.24, 2.45) is 0 Å². The van der Waals surface area contributed by atoms with Crippen LogP contribution in [0.2, 0.25) is 0 Å². The minimum Gasteiger partial charge on any atom is -0.480 e. The Bertz CT molecular complexity index is 308. The lowest BCUT2D eigenvalue weighted by Crippen LogP contribution is -2.69. The van der Waals surface area contributed by atoms with Gasteiger partial charge in [0.2, 0.25) is 12.3 Å². The number of aliphatic carboxylic acids is 1. The summed E-state index contributed by atoms with van der Waals surface area (Å²) in [5, 5.41) is 10.9. The number of thioether (sulfide) groups is 1. The molecule has 0 aromatic heterocycles. The van der Waals surface area contributed by atoms with Crippen LogP contribution in [-0.2, 0) is 14.4 Å². The Morgan fingerprint density at radius 3 is 3.00 bits per heavy atom. The molecular weight excluding hydrogens is 208 g/mol. The smallest absolute Gasteiger partial charge is 0.327 e. The molecule has 2 aliphatic rings. The Morgan fingerprint density at radius 1 is 1.71 bits per heavy atom. The summed E-state index contributed by atoms with van der Waals surface area (Å²) in [6.07, 6.45) is 0.467. The fourth-order valence-electron chi connectivity index (χ4n) is 1.68. The summed E-state index contributed by atoms with van der Waals surface area (Å²) < 4.78 is 0. The predicted octanol–water partition coefficient (Wildman–Crippen LogP) is -1.53. The van der Waals surface area contributed by atoms with Gasteiger partial charge in [0.1, 0.15) is 17.5 Å². The van der Waals surface area contributed by atoms with Gasteiger partial charge in [0.25, 0.3) is 0 Å². The number of rotatable bonds is 3. The molecule has 2 heterocycles. The van der Waals surface area contributed by atoms with Crippen LogP contribution >= 0.6 is 11.8 Å². The molecule has 0 spiro atoms. The first-order valence-electron chi connectivity index (χ1n) is 4.03. The van der Waals surface area contributed by atoms with Gasteiger partial charge in [0, 0.05) is 5.75 Å². The molecule has 0 aromatic rings. The van der Waals surface area contributed by atoms with Gasteiger partial charge in [-0.2, -0.15) is 0 Å². The van der Waals surface area contributed by atoms with E-state index in [0.29, 0.717) is 12.2 Å². The SMILES string of the molecule is O=CNC1C(=O)N2C(C(=O)O)CSC12. The number of carbonyl (C=O) groups excluding carboxylic acids is 2. The normalized spacial score (nSPS) is 34.7. The summed E-state index contributed by atoms with van der Waals surface area (Å²) in [7, 11) is 0. The van der Waals surface area contributed by atoms with Crippen molar-refractivity contribution in [2.75, 3.05) is 5.75 Å². The first kappa shape index (κ1) is 9.32. The van der Waals surface area contributed by atoms with E-state index in [0.717, 1.165) is 0 Å². The van der Waals surface area contributed by atoms with Gasteiger partial charge in [0.05, 0.1) is 0 Å². The molecule has 0 aromatic carbocycles. The molecule has 0 bridgehead atoms. The van der Waals surface area contributed by atoms with Crippen molar-refractivity contribution >= 4 is 30.0 Å². The maximum absolute atomic E-state index is 11.4. The molecule has 0 saturated carbocycles. The molecule has 2 saturated heterocycles. The van der Waals surface area contributed by atoms with Gasteiger partial charge in [-0.1, -0.05) is 0 Å². The van der Waals surface area contributed by atoms with Gasteiger partial charge in [-0.3, -0.25) is 9.59 Å². The van der Waals surface area contributed by atoms with E-state index in [1.807, 2.05) is 0 Å². The molecule has 2 aliphatic heterocycles. The second kappa shape index (κ2) is 3.16. The number of nitrogens with one attached hydrogen (secondary N) is 1. The number of β-lactam (4-membered cyclic amide) rings is 1. The fraction of sp³-hybridized carbons (Fsp3) is 0.571. The zero-order valence-corrected chi connectivity index (χ0v) is 7.86. The summed E-state index contributed by atoms with van der Waals surface area (Å²) in [5.41, 5.74) is 0. The molecular formula is C7H8N2O4S. The predicted molar refractivity (Wildman–Crippen MR) is 47.5 cm³/mol. The molecule has 2 rings (SSSR count). The second-order valence-electron chi connectivity index (χ2n) is 3.09. The Kier molecular flexibility index (Phi) is 2.10. The highest BCUT2D eigenvalue weighted by Crippen LogP contribution is 2.39. The highest BCUT2D eigenvalue weighted by molar-refractivity contribution is 8.00. The molecule has 2 amide bonds. The number of nitrogens with zero attached hydrogens (tertiary/aromatic N) is 1. The molecule has 2 N–H and O–H groups in total. The molecule has 0 radical (unpaired) electrons. The number of amides is 2. The summed E-state index contributed by atoms with van der Waals surface area (Å²) >= 11 is 1.38. The van der Waals surface area contributed by atoms with Crippen molar-refractivity contribution in [1.29, 1.82) is 0 Å². The first-order valence-corrected chi connectivity index (χ1v) is 5.08. The van der Waals surface area contributed by atoms with Crippen molar-refractivity contribution in [3.05, 3.63) is 0 Å². The number of carboxylic acid groups (broad SMARTS) is 1. The minimum atomic E-state index is -0.988. The lowest BCUT2D eigenvalue weighted by molar-refractivity contribution is -0.158. The number of hydrogen-bond donors (Lipinski definition) is 2. The number of fused-ring (bicyclic) bond motifs is 1. The standard InChI is InChI=1S/C7H8N2O4S/c10-2-8-4-5(11)9-3(7(12)13)1-14-6(4)9/h2-4,6H,1H2,(H,8,10)(H,12,13). The van der Waals surface area contributed by atoms with Gasteiger partial charge >= 0.3 is 5.97 Å². The lowest BCUT2D eigenvalue weighted by Gasteiger charge is -2.42. The molecule has 14 heavy (non-hydrogen) atoms. The van der Waals surface area contributed by atoms with E-state index >= 15 is 0 Å². The fourth-order valence-corrected chi connectivity index (χ4v) is 3.16. The van der Waals surface area contributed by atoms with Crippen molar-refractivity contribution < 1.29 is 19.5 Å². The van der Waals surface area contributed by atoms with Crippen LogP contribution in [0.25, 0.3) is 0 Å². The quantitative estimate of drug-likeness (QED) is 0.441. The van der Waals surface area contributed by atoms with Crippen LogP contribution in [0.1, 0.15) is 0 Å². The monoisotopic (exact) mass is 216 g/mol. The van der Waals surface area contributed by atoms with Gasteiger partial charge < -0.3 is 15.3 Å². The van der Waals surface area contributed by atoms with E-state index in [9.17, 15) is 14.4 Å². The van der Waals surface area contributed by atoms with E-state index in [4.69, 9.17) is 5.11 Å². The summed E-state index contributed by atoms with van der Waals surface area (Å²) in [6.45, 7) is 0. The third kappa shape index (κ3) is 1.08. The maximum Gasteiger partial charge on any atom is 0.327 e. The highest BCUT2D eigenvalue weighted by atomic mass is 32.2. The number of hydrogen-bond acceptors (Lipinski definition) is 4. The number of carbonyl (C=O) groups is 3. The van der Waals surface area contributed by atoms with E-state index in [2.05, 4.69) is 5.32 Å². The van der Waals surface area contributed by atoms with Gasteiger partial charge in [-0.25, -0.2) is 4.79 Å². The third-order valence-electron chi connectivity index (χ3n) is 2.37. The minimum absolute atomic E-state index is 0.200. The van der Waals surface area contributed by atoms with Crippen LogP contribution in [0.15, 0.2) is 0 Å². The maximum atomic E-state index is 11.4. The molecule has 7 heteroatoms. The van der Waals surface area contributed by atoms with E-state index in [-0.39, 0.29) is 11.3 Å². The molecule has 6 nitrogen and oxygen atoms in total. The zero-order chi connectivity index (χ0) is 10.3. The van der Waals surface area contributed by atoms with E-state index < -0.39 is 18.1 Å². The number of carboxylic acids is 1. The Labute approximate surface area is 83.6 Å². The Balaban J connectivity index is 2.08. The van der Waals surface area contributed by atoms with Crippen LogP contribution in [0, 0.1) is 0 Å². The van der Waals surface area contributed by atoms with Crippen molar-refractivity contribution in [1.82, 2.24) is 10.2 Å². The van der Waals surface area contributed by atoms with Crippen molar-refractivity contribution in [3.63, 3.8) is 0 Å². The lowest BCUT2D eigenvalue weighted by atomic mass is 10.1. The largest absolute Gasteiger partial charge is 0.480 e. The van der Waals surface area contributed by atoms with Crippen LogP contribution in [0.4, 0.5) is 0 Å². The van der Waals surface area contributed by atoms with Gasteiger partial charge in [-0.15, -0.1) is 11.8 Å². The molecule has 0 aliphatic carbocycles. The average molecular weight is 216 g/mol. The topological polar surface area (TPSA) is 86.7 Å². The molecule has 3 atom stereocenters. The third-order valence-corrected chi connectivity index (χ3v) is 3.72. The van der Waals surface area contributed by atoms with E-state index in [1.54, 1.807) is 0 Å².